The largest absolute Gasteiger partial charge is 0.497 e. The van der Waals surface area contributed by atoms with Gasteiger partial charge in [0, 0.05) is 54.4 Å². The molecule has 1 saturated heterocycles. The summed E-state index contributed by atoms with van der Waals surface area (Å²) in [6, 6.07) is 16.7. The molecule has 166 valence electrons. The van der Waals surface area contributed by atoms with E-state index in [1.54, 1.807) is 32.4 Å². The summed E-state index contributed by atoms with van der Waals surface area (Å²) in [6.07, 6.45) is 5.36. The third-order valence-corrected chi connectivity index (χ3v) is 5.75. The molecule has 2 amide bonds. The van der Waals surface area contributed by atoms with E-state index in [9.17, 15) is 9.59 Å². The molecule has 2 heterocycles. The van der Waals surface area contributed by atoms with Crippen LogP contribution in [-0.2, 0) is 0 Å². The molecule has 0 unspecified atom stereocenters. The lowest BCUT2D eigenvalue weighted by molar-refractivity contribution is 0.0698. The summed E-state index contributed by atoms with van der Waals surface area (Å²) in [7, 11) is 3.11. The lowest BCUT2D eigenvalue weighted by Crippen LogP contribution is -2.46. The molecular formula is C25H27N3O4. The molecule has 0 spiro atoms. The number of nitrogens with one attached hydrogen (secondary N) is 1. The zero-order valence-electron chi connectivity index (χ0n) is 18.3. The molecule has 1 aliphatic rings. The number of nitrogens with zero attached hydrogens (tertiary/aromatic N) is 2. The normalized spacial score (nSPS) is 14.1. The molecule has 3 aromatic rings. The van der Waals surface area contributed by atoms with Gasteiger partial charge < -0.3 is 24.3 Å². The number of aromatic nitrogens is 1. The molecule has 2 aromatic carbocycles. The van der Waals surface area contributed by atoms with Crippen LogP contribution < -0.4 is 14.8 Å². The standard InChI is InChI=1S/C25H27N3O4/c1-31-22-15-19(16-23(17-22)32-2)24(29)26-20-9-13-28(14-10-20)25(30)18-5-7-21(8-6-18)27-11-3-4-12-27/h3-8,11-12,15-17,20H,9-10,13-14H2,1-2H3,(H,26,29). The average Bonchev–Trinajstić information content (AvgIpc) is 3.39. The Kier molecular flexibility index (Phi) is 6.44. The van der Waals surface area contributed by atoms with Gasteiger partial charge in [-0.05, 0) is 61.4 Å². The van der Waals surface area contributed by atoms with Gasteiger partial charge in [-0.1, -0.05) is 0 Å². The van der Waals surface area contributed by atoms with Gasteiger partial charge in [-0.2, -0.15) is 0 Å². The number of piperidine rings is 1. The molecule has 4 rings (SSSR count). The lowest BCUT2D eigenvalue weighted by Gasteiger charge is -2.32. The van der Waals surface area contributed by atoms with Crippen LogP contribution in [0.15, 0.2) is 67.0 Å². The van der Waals surface area contributed by atoms with Gasteiger partial charge in [0.25, 0.3) is 11.8 Å². The molecule has 32 heavy (non-hydrogen) atoms. The van der Waals surface area contributed by atoms with Crippen LogP contribution in [0.3, 0.4) is 0 Å². The molecule has 0 aliphatic carbocycles. The summed E-state index contributed by atoms with van der Waals surface area (Å²) in [5, 5.41) is 3.07. The van der Waals surface area contributed by atoms with Crippen molar-refractivity contribution in [1.82, 2.24) is 14.8 Å². The number of ether oxygens (including phenoxy) is 2. The van der Waals surface area contributed by atoms with Crippen LogP contribution in [0.1, 0.15) is 33.6 Å². The molecule has 0 bridgehead atoms. The fourth-order valence-electron chi connectivity index (χ4n) is 3.90. The Balaban J connectivity index is 1.33. The molecule has 1 fully saturated rings. The smallest absolute Gasteiger partial charge is 0.253 e. The van der Waals surface area contributed by atoms with Crippen molar-refractivity contribution in [2.24, 2.45) is 0 Å². The molecule has 0 saturated carbocycles. The first kappa shape index (κ1) is 21.5. The van der Waals surface area contributed by atoms with Gasteiger partial charge >= 0.3 is 0 Å². The number of rotatable bonds is 6. The summed E-state index contributed by atoms with van der Waals surface area (Å²) in [5.41, 5.74) is 2.18. The second kappa shape index (κ2) is 9.60. The molecular weight excluding hydrogens is 406 g/mol. The van der Waals surface area contributed by atoms with E-state index in [4.69, 9.17) is 9.47 Å². The van der Waals surface area contributed by atoms with Gasteiger partial charge in [-0.25, -0.2) is 0 Å². The number of benzene rings is 2. The predicted octanol–water partition coefficient (Wildman–Crippen LogP) is 3.53. The molecule has 1 aliphatic heterocycles. The number of hydrogen-bond acceptors (Lipinski definition) is 4. The van der Waals surface area contributed by atoms with E-state index in [2.05, 4.69) is 5.32 Å². The van der Waals surface area contributed by atoms with Crippen LogP contribution in [-0.4, -0.2) is 54.6 Å². The Bertz CT molecular complexity index is 1050. The number of likely N-dealkylation sites (tertiary alicyclic amines) is 1. The Hall–Kier alpha value is -3.74. The summed E-state index contributed by atoms with van der Waals surface area (Å²) in [6.45, 7) is 1.20. The van der Waals surface area contributed by atoms with Gasteiger partial charge in [0.05, 0.1) is 14.2 Å². The third kappa shape index (κ3) is 4.77. The maximum Gasteiger partial charge on any atom is 0.253 e. The number of carbonyl (C=O) groups is 2. The van der Waals surface area contributed by atoms with Crippen molar-refractivity contribution in [3.8, 4) is 17.2 Å². The number of methoxy groups -OCH3 is 2. The highest BCUT2D eigenvalue weighted by molar-refractivity contribution is 5.96. The van der Waals surface area contributed by atoms with E-state index in [-0.39, 0.29) is 17.9 Å². The van der Waals surface area contributed by atoms with Crippen molar-refractivity contribution in [2.75, 3.05) is 27.3 Å². The van der Waals surface area contributed by atoms with Gasteiger partial charge in [-0.15, -0.1) is 0 Å². The highest BCUT2D eigenvalue weighted by Crippen LogP contribution is 2.23. The average molecular weight is 434 g/mol. The topological polar surface area (TPSA) is 72.8 Å². The molecule has 0 radical (unpaired) electrons. The summed E-state index contributed by atoms with van der Waals surface area (Å²) >= 11 is 0. The minimum absolute atomic E-state index is 0.0138. The first-order valence-corrected chi connectivity index (χ1v) is 10.6. The van der Waals surface area contributed by atoms with E-state index in [1.165, 1.54) is 0 Å². The fourth-order valence-corrected chi connectivity index (χ4v) is 3.90. The van der Waals surface area contributed by atoms with Crippen LogP contribution in [0.25, 0.3) is 5.69 Å². The van der Waals surface area contributed by atoms with Gasteiger partial charge in [-0.3, -0.25) is 9.59 Å². The van der Waals surface area contributed by atoms with Crippen molar-refractivity contribution in [1.29, 1.82) is 0 Å². The summed E-state index contributed by atoms with van der Waals surface area (Å²) in [5.74, 6) is 0.981. The van der Waals surface area contributed by atoms with Crippen molar-refractivity contribution in [2.45, 2.75) is 18.9 Å². The lowest BCUT2D eigenvalue weighted by atomic mass is 10.0. The fraction of sp³-hybridized carbons (Fsp3) is 0.280. The molecule has 0 atom stereocenters. The van der Waals surface area contributed by atoms with Gasteiger partial charge in [0.15, 0.2) is 0 Å². The van der Waals surface area contributed by atoms with Crippen LogP contribution in [0.5, 0.6) is 11.5 Å². The second-order valence-electron chi connectivity index (χ2n) is 7.78. The van der Waals surface area contributed by atoms with Crippen molar-refractivity contribution in [3.63, 3.8) is 0 Å². The van der Waals surface area contributed by atoms with E-state index >= 15 is 0 Å². The van der Waals surface area contributed by atoms with Crippen LogP contribution in [0, 0.1) is 0 Å². The maximum atomic E-state index is 12.9. The summed E-state index contributed by atoms with van der Waals surface area (Å²) in [4.78, 5) is 27.5. The van der Waals surface area contributed by atoms with E-state index in [1.807, 2.05) is 58.3 Å². The van der Waals surface area contributed by atoms with Crippen molar-refractivity contribution >= 4 is 11.8 Å². The van der Waals surface area contributed by atoms with Crippen molar-refractivity contribution in [3.05, 3.63) is 78.1 Å². The molecule has 1 aromatic heterocycles. The third-order valence-electron chi connectivity index (χ3n) is 5.75. The van der Waals surface area contributed by atoms with Gasteiger partial charge in [0.2, 0.25) is 0 Å². The maximum absolute atomic E-state index is 12.9. The first-order valence-electron chi connectivity index (χ1n) is 10.6. The van der Waals surface area contributed by atoms with Gasteiger partial charge in [0.1, 0.15) is 11.5 Å². The SMILES string of the molecule is COc1cc(OC)cc(C(=O)NC2CCN(C(=O)c3ccc(-n4cccc4)cc3)CC2)c1. The monoisotopic (exact) mass is 433 g/mol. The Morgan fingerprint density at radius 2 is 1.47 bits per heavy atom. The Morgan fingerprint density at radius 3 is 2.03 bits per heavy atom. The second-order valence-corrected chi connectivity index (χ2v) is 7.78. The van der Waals surface area contributed by atoms with E-state index in [0.717, 1.165) is 5.69 Å². The Labute approximate surface area is 187 Å². The summed E-state index contributed by atoms with van der Waals surface area (Å²) < 4.78 is 12.5. The number of amides is 2. The molecule has 1 N–H and O–H groups in total. The highest BCUT2D eigenvalue weighted by atomic mass is 16.5. The zero-order chi connectivity index (χ0) is 22.5. The van der Waals surface area contributed by atoms with Crippen molar-refractivity contribution < 1.29 is 19.1 Å². The van der Waals surface area contributed by atoms with Crippen LogP contribution in [0.4, 0.5) is 0 Å². The van der Waals surface area contributed by atoms with Crippen LogP contribution >= 0.6 is 0 Å². The minimum atomic E-state index is -0.174. The number of hydrogen-bond donors (Lipinski definition) is 1. The minimum Gasteiger partial charge on any atom is -0.497 e. The molecule has 7 heteroatoms. The predicted molar refractivity (Wildman–Crippen MR) is 122 cm³/mol. The van der Waals surface area contributed by atoms with E-state index < -0.39 is 0 Å². The first-order chi connectivity index (χ1) is 15.6. The Morgan fingerprint density at radius 1 is 0.875 bits per heavy atom. The quantitative estimate of drug-likeness (QED) is 0.646. The van der Waals surface area contributed by atoms with Crippen LogP contribution in [0.2, 0.25) is 0 Å². The number of carbonyl (C=O) groups excluding carboxylic acids is 2. The highest BCUT2D eigenvalue weighted by Gasteiger charge is 2.25. The zero-order valence-corrected chi connectivity index (χ0v) is 18.3. The van der Waals surface area contributed by atoms with E-state index in [0.29, 0.717) is 48.6 Å². The molecule has 7 nitrogen and oxygen atoms in total.